The van der Waals surface area contributed by atoms with Gasteiger partial charge in [-0.15, -0.1) is 0 Å². The maximum absolute atomic E-state index is 11.5. The molecule has 1 N–H and O–H groups in total. The highest BCUT2D eigenvalue weighted by molar-refractivity contribution is 5.88. The monoisotopic (exact) mass is 239 g/mol. The molecule has 0 radical (unpaired) electrons. The predicted octanol–water partition coefficient (Wildman–Crippen LogP) is 1.78. The Labute approximate surface area is 102 Å². The Hall–Kier alpha value is -0.900. The zero-order chi connectivity index (χ0) is 12.1. The molecule has 2 fully saturated rings. The highest BCUT2D eigenvalue weighted by Gasteiger charge is 2.26. The van der Waals surface area contributed by atoms with E-state index in [2.05, 4.69) is 5.32 Å². The van der Waals surface area contributed by atoms with Gasteiger partial charge in [-0.1, -0.05) is 25.7 Å². The van der Waals surface area contributed by atoms with E-state index >= 15 is 0 Å². The fraction of sp³-hybridized carbons (Fsp3) is 0.846. The summed E-state index contributed by atoms with van der Waals surface area (Å²) in [5.41, 5.74) is 0. The third-order valence-electron chi connectivity index (χ3n) is 3.79. The standard InChI is InChI=1S/C13H21NO3/c15-12(8-7-10-4-1-2-5-10)17-13(16)11-6-3-9-14-11/h10-11,14H,1-9H2. The average molecular weight is 239 g/mol. The zero-order valence-corrected chi connectivity index (χ0v) is 10.2. The Kier molecular flexibility index (Phi) is 4.54. The van der Waals surface area contributed by atoms with E-state index in [1.807, 2.05) is 0 Å². The van der Waals surface area contributed by atoms with Gasteiger partial charge in [-0.25, -0.2) is 4.79 Å². The van der Waals surface area contributed by atoms with Gasteiger partial charge in [0.1, 0.15) is 6.04 Å². The van der Waals surface area contributed by atoms with Gasteiger partial charge in [-0.2, -0.15) is 0 Å². The van der Waals surface area contributed by atoms with Gasteiger partial charge in [0.2, 0.25) is 0 Å². The van der Waals surface area contributed by atoms with E-state index in [1.165, 1.54) is 25.7 Å². The molecule has 0 aromatic heterocycles. The third kappa shape index (κ3) is 3.80. The molecule has 0 bridgehead atoms. The molecule has 2 aliphatic rings. The smallest absolute Gasteiger partial charge is 0.330 e. The van der Waals surface area contributed by atoms with Crippen molar-refractivity contribution in [3.05, 3.63) is 0 Å². The minimum atomic E-state index is -0.390. The molecule has 0 aromatic rings. The fourth-order valence-electron chi connectivity index (χ4n) is 2.74. The van der Waals surface area contributed by atoms with Crippen molar-refractivity contribution in [3.63, 3.8) is 0 Å². The largest absolute Gasteiger partial charge is 0.392 e. The summed E-state index contributed by atoms with van der Waals surface area (Å²) >= 11 is 0. The molecule has 1 heterocycles. The molecule has 0 amide bonds. The Bertz CT molecular complexity index is 278. The van der Waals surface area contributed by atoms with Gasteiger partial charge < -0.3 is 10.1 Å². The van der Waals surface area contributed by atoms with Gasteiger partial charge in [0.25, 0.3) is 0 Å². The third-order valence-corrected chi connectivity index (χ3v) is 3.79. The van der Waals surface area contributed by atoms with Crippen LogP contribution in [0.3, 0.4) is 0 Å². The first-order chi connectivity index (χ1) is 8.25. The van der Waals surface area contributed by atoms with Gasteiger partial charge in [-0.05, 0) is 31.7 Å². The first kappa shape index (κ1) is 12.6. The first-order valence-corrected chi connectivity index (χ1v) is 6.73. The number of ether oxygens (including phenoxy) is 1. The van der Waals surface area contributed by atoms with Crippen LogP contribution in [0.15, 0.2) is 0 Å². The van der Waals surface area contributed by atoms with Crippen molar-refractivity contribution in [2.75, 3.05) is 6.54 Å². The molecule has 1 aliphatic carbocycles. The average Bonchev–Trinajstić information content (AvgIpc) is 2.99. The quantitative estimate of drug-likeness (QED) is 0.600. The molecule has 1 unspecified atom stereocenters. The summed E-state index contributed by atoms with van der Waals surface area (Å²) in [7, 11) is 0. The SMILES string of the molecule is O=C(CCC1CCCC1)OC(=O)C1CCCN1. The fourth-order valence-corrected chi connectivity index (χ4v) is 2.74. The number of esters is 2. The number of carbonyl (C=O) groups excluding carboxylic acids is 2. The molecule has 1 saturated carbocycles. The van der Waals surface area contributed by atoms with Crippen molar-refractivity contribution in [2.24, 2.45) is 5.92 Å². The summed E-state index contributed by atoms with van der Waals surface area (Å²) in [6.07, 6.45) is 8.06. The number of carbonyl (C=O) groups is 2. The van der Waals surface area contributed by atoms with Crippen LogP contribution in [0.2, 0.25) is 0 Å². The first-order valence-electron chi connectivity index (χ1n) is 6.73. The van der Waals surface area contributed by atoms with Crippen LogP contribution in [-0.4, -0.2) is 24.5 Å². The van der Waals surface area contributed by atoms with E-state index in [4.69, 9.17) is 4.74 Å². The molecule has 4 heteroatoms. The van der Waals surface area contributed by atoms with E-state index in [9.17, 15) is 9.59 Å². The second-order valence-corrected chi connectivity index (χ2v) is 5.13. The van der Waals surface area contributed by atoms with E-state index in [0.29, 0.717) is 12.3 Å². The lowest BCUT2D eigenvalue weighted by molar-refractivity contribution is -0.161. The van der Waals surface area contributed by atoms with Crippen LogP contribution in [0.1, 0.15) is 51.4 Å². The van der Waals surface area contributed by atoms with Crippen molar-refractivity contribution in [1.82, 2.24) is 5.32 Å². The lowest BCUT2D eigenvalue weighted by atomic mass is 10.0. The molecule has 1 aliphatic heterocycles. The highest BCUT2D eigenvalue weighted by atomic mass is 16.6. The molecular formula is C13H21NO3. The number of hydrogen-bond acceptors (Lipinski definition) is 4. The number of hydrogen-bond donors (Lipinski definition) is 1. The van der Waals surface area contributed by atoms with Crippen molar-refractivity contribution < 1.29 is 14.3 Å². The van der Waals surface area contributed by atoms with Gasteiger partial charge in [0.15, 0.2) is 0 Å². The minimum Gasteiger partial charge on any atom is -0.392 e. The molecule has 4 nitrogen and oxygen atoms in total. The maximum Gasteiger partial charge on any atom is 0.330 e. The molecule has 0 aromatic carbocycles. The Morgan fingerprint density at radius 2 is 1.88 bits per heavy atom. The van der Waals surface area contributed by atoms with Gasteiger partial charge in [0.05, 0.1) is 0 Å². The van der Waals surface area contributed by atoms with Crippen molar-refractivity contribution in [1.29, 1.82) is 0 Å². The number of rotatable bonds is 4. The molecule has 0 spiro atoms. The Morgan fingerprint density at radius 1 is 1.12 bits per heavy atom. The van der Waals surface area contributed by atoms with Crippen LogP contribution in [0.4, 0.5) is 0 Å². The molecular weight excluding hydrogens is 218 g/mol. The molecule has 2 rings (SSSR count). The summed E-state index contributed by atoms with van der Waals surface area (Å²) in [5, 5.41) is 3.03. The van der Waals surface area contributed by atoms with Crippen LogP contribution in [0, 0.1) is 5.92 Å². The topological polar surface area (TPSA) is 55.4 Å². The van der Waals surface area contributed by atoms with Crippen LogP contribution in [-0.2, 0) is 14.3 Å². The van der Waals surface area contributed by atoms with Gasteiger partial charge in [-0.3, -0.25) is 4.79 Å². The summed E-state index contributed by atoms with van der Waals surface area (Å²) in [5.74, 6) is -0.0724. The normalized spacial score (nSPS) is 25.1. The van der Waals surface area contributed by atoms with Crippen LogP contribution >= 0.6 is 0 Å². The van der Waals surface area contributed by atoms with Gasteiger partial charge in [0, 0.05) is 6.42 Å². The van der Waals surface area contributed by atoms with Crippen LogP contribution in [0.5, 0.6) is 0 Å². The minimum absolute atomic E-state index is 0.259. The molecule has 96 valence electrons. The molecule has 1 saturated heterocycles. The van der Waals surface area contributed by atoms with Crippen molar-refractivity contribution >= 4 is 11.9 Å². The summed E-state index contributed by atoms with van der Waals surface area (Å²) in [6, 6.07) is -0.259. The second-order valence-electron chi connectivity index (χ2n) is 5.13. The lowest BCUT2D eigenvalue weighted by Crippen LogP contribution is -2.33. The van der Waals surface area contributed by atoms with E-state index in [-0.39, 0.29) is 18.0 Å². The van der Waals surface area contributed by atoms with E-state index in [0.717, 1.165) is 25.8 Å². The summed E-state index contributed by atoms with van der Waals surface area (Å²) in [6.45, 7) is 0.843. The summed E-state index contributed by atoms with van der Waals surface area (Å²) in [4.78, 5) is 23.0. The maximum atomic E-state index is 11.5. The second kappa shape index (κ2) is 6.15. The van der Waals surface area contributed by atoms with Crippen LogP contribution < -0.4 is 5.32 Å². The predicted molar refractivity (Wildman–Crippen MR) is 63.3 cm³/mol. The Morgan fingerprint density at radius 3 is 2.53 bits per heavy atom. The van der Waals surface area contributed by atoms with Crippen molar-refractivity contribution in [3.8, 4) is 0 Å². The lowest BCUT2D eigenvalue weighted by Gasteiger charge is -2.10. The Balaban J connectivity index is 1.63. The molecule has 1 atom stereocenters. The van der Waals surface area contributed by atoms with Crippen LogP contribution in [0.25, 0.3) is 0 Å². The highest BCUT2D eigenvalue weighted by Crippen LogP contribution is 2.28. The van der Waals surface area contributed by atoms with Gasteiger partial charge >= 0.3 is 11.9 Å². The van der Waals surface area contributed by atoms with Crippen molar-refractivity contribution in [2.45, 2.75) is 57.4 Å². The van der Waals surface area contributed by atoms with E-state index in [1.54, 1.807) is 0 Å². The summed E-state index contributed by atoms with van der Waals surface area (Å²) < 4.78 is 4.85. The number of nitrogens with one attached hydrogen (secondary N) is 1. The molecule has 17 heavy (non-hydrogen) atoms. The van der Waals surface area contributed by atoms with E-state index < -0.39 is 0 Å². The zero-order valence-electron chi connectivity index (χ0n) is 10.2.